The van der Waals surface area contributed by atoms with Crippen molar-refractivity contribution in [3.8, 4) is 0 Å². The molecule has 0 N–H and O–H groups in total. The summed E-state index contributed by atoms with van der Waals surface area (Å²) in [5.41, 5.74) is 0. The van der Waals surface area contributed by atoms with Crippen LogP contribution < -0.4 is 0 Å². The number of ether oxygens (including phenoxy) is 3. The molecule has 0 spiro atoms. The van der Waals surface area contributed by atoms with E-state index in [9.17, 15) is 14.4 Å². The molecule has 0 aliphatic heterocycles. The van der Waals surface area contributed by atoms with Gasteiger partial charge in [-0.1, -0.05) is 297 Å². The maximum atomic E-state index is 12.9. The van der Waals surface area contributed by atoms with Gasteiger partial charge in [-0.05, 0) is 109 Å². The number of carbonyl (C=O) groups is 3. The largest absolute Gasteiger partial charge is 0.462 e. The zero-order valence-corrected chi connectivity index (χ0v) is 51.9. The Balaban J connectivity index is 4.41. The highest BCUT2D eigenvalue weighted by Gasteiger charge is 2.19. The van der Waals surface area contributed by atoms with E-state index in [1.807, 2.05) is 0 Å². The zero-order chi connectivity index (χ0) is 57.1. The number of allylic oxidation sites excluding steroid dienone is 18. The number of unbranched alkanes of at least 4 members (excludes halogenated alkanes) is 31. The third-order valence-electron chi connectivity index (χ3n) is 14.3. The molecule has 0 fully saturated rings. The summed E-state index contributed by atoms with van der Waals surface area (Å²) in [6.45, 7) is 6.51. The first-order valence-electron chi connectivity index (χ1n) is 33.4. The van der Waals surface area contributed by atoms with E-state index >= 15 is 0 Å². The molecule has 0 aromatic heterocycles. The first-order valence-corrected chi connectivity index (χ1v) is 33.4. The van der Waals surface area contributed by atoms with Crippen molar-refractivity contribution in [2.24, 2.45) is 0 Å². The van der Waals surface area contributed by atoms with Crippen molar-refractivity contribution >= 4 is 17.9 Å². The Hall–Kier alpha value is -3.93. The Morgan fingerprint density at radius 2 is 0.494 bits per heavy atom. The minimum Gasteiger partial charge on any atom is -0.462 e. The van der Waals surface area contributed by atoms with Crippen LogP contribution in [0, 0.1) is 0 Å². The summed E-state index contributed by atoms with van der Waals surface area (Å²) in [5, 5.41) is 0. The van der Waals surface area contributed by atoms with E-state index in [0.717, 1.165) is 148 Å². The maximum absolute atomic E-state index is 12.9. The van der Waals surface area contributed by atoms with Crippen LogP contribution in [0.15, 0.2) is 109 Å². The molecule has 452 valence electrons. The number of carbonyl (C=O) groups excluding carboxylic acids is 3. The highest BCUT2D eigenvalue weighted by Crippen LogP contribution is 2.16. The average molecular weight is 1100 g/mol. The summed E-state index contributed by atoms with van der Waals surface area (Å²) >= 11 is 0. The Labute approximate surface area is 489 Å². The second kappa shape index (κ2) is 66.6. The molecule has 0 aromatic rings. The van der Waals surface area contributed by atoms with Crippen LogP contribution in [-0.4, -0.2) is 37.2 Å². The lowest BCUT2D eigenvalue weighted by atomic mass is 10.0. The van der Waals surface area contributed by atoms with E-state index in [-0.39, 0.29) is 31.1 Å². The first kappa shape index (κ1) is 75.1. The van der Waals surface area contributed by atoms with Gasteiger partial charge in [0.2, 0.25) is 0 Å². The highest BCUT2D eigenvalue weighted by molar-refractivity contribution is 5.71. The lowest BCUT2D eigenvalue weighted by Crippen LogP contribution is -2.30. The molecule has 0 saturated heterocycles. The van der Waals surface area contributed by atoms with Gasteiger partial charge in [-0.3, -0.25) is 14.4 Å². The van der Waals surface area contributed by atoms with E-state index in [0.29, 0.717) is 19.3 Å². The predicted octanol–water partition coefficient (Wildman–Crippen LogP) is 23.0. The normalized spacial score (nSPS) is 12.8. The summed E-state index contributed by atoms with van der Waals surface area (Å²) in [4.78, 5) is 38.4. The van der Waals surface area contributed by atoms with E-state index in [1.54, 1.807) is 0 Å². The minimum atomic E-state index is -0.794. The van der Waals surface area contributed by atoms with Gasteiger partial charge in [0, 0.05) is 19.3 Å². The van der Waals surface area contributed by atoms with Crippen LogP contribution in [0.2, 0.25) is 0 Å². The molecule has 1 atom stereocenters. The molecule has 0 aromatic carbocycles. The molecule has 6 nitrogen and oxygen atoms in total. The summed E-state index contributed by atoms with van der Waals surface area (Å²) in [7, 11) is 0. The Bertz CT molecular complexity index is 1590. The number of hydrogen-bond donors (Lipinski definition) is 0. The first-order chi connectivity index (χ1) is 39.0. The van der Waals surface area contributed by atoms with Crippen molar-refractivity contribution in [1.29, 1.82) is 0 Å². The summed E-state index contributed by atoms with van der Waals surface area (Å²) < 4.78 is 16.9. The van der Waals surface area contributed by atoms with Gasteiger partial charge in [-0.15, -0.1) is 0 Å². The molecule has 79 heavy (non-hydrogen) atoms. The molecule has 0 amide bonds. The molecular formula is C73H124O6. The molecule has 1 unspecified atom stereocenters. The quantitative estimate of drug-likeness (QED) is 0.0261. The predicted molar refractivity (Wildman–Crippen MR) is 343 cm³/mol. The summed E-state index contributed by atoms with van der Waals surface area (Å²) in [6, 6.07) is 0. The fourth-order valence-corrected chi connectivity index (χ4v) is 9.28. The number of esters is 3. The van der Waals surface area contributed by atoms with E-state index < -0.39 is 6.10 Å². The van der Waals surface area contributed by atoms with Gasteiger partial charge in [0.1, 0.15) is 13.2 Å². The Kier molecular flexibility index (Phi) is 63.3. The zero-order valence-electron chi connectivity index (χ0n) is 51.9. The molecule has 0 saturated carbocycles. The van der Waals surface area contributed by atoms with Gasteiger partial charge >= 0.3 is 17.9 Å². The average Bonchev–Trinajstić information content (AvgIpc) is 3.45. The third-order valence-corrected chi connectivity index (χ3v) is 14.3. The van der Waals surface area contributed by atoms with E-state index in [1.165, 1.54) is 128 Å². The van der Waals surface area contributed by atoms with Crippen molar-refractivity contribution in [2.75, 3.05) is 13.2 Å². The topological polar surface area (TPSA) is 78.9 Å². The second-order valence-corrected chi connectivity index (χ2v) is 22.0. The van der Waals surface area contributed by atoms with Crippen LogP contribution in [0.1, 0.15) is 316 Å². The standard InChI is InChI=1S/C73H124O6/c1-4-7-10-13-16-19-22-25-28-31-33-34-35-36-37-38-39-40-41-43-45-48-51-54-57-60-63-66-72(75)78-69-70(68-77-71(74)65-62-59-56-53-50-47-44-30-27-24-21-18-15-12-9-6-3)79-73(76)67-64-61-58-55-52-49-46-42-32-29-26-23-20-17-14-11-8-5-2/h7,10,16,19,21,24-25,28,30,33-34,36-37,39-40,43-45,70H,4-6,8-9,11-15,17-18,20,22-23,26-27,29,31-32,35,38,41-42,46-69H2,1-3H3/b10-7-,19-16-,24-21-,28-25-,34-33-,37-36-,40-39-,44-30-,45-43-. The summed E-state index contributed by atoms with van der Waals surface area (Å²) in [5.74, 6) is -0.910. The molecule has 0 radical (unpaired) electrons. The SMILES string of the molecule is CC/C=C\C/C=C\C/C=C\C/C=C\C/C=C\C/C=C\C/C=C\CCCCCCCC(=O)OCC(COC(=O)CCCCCCC/C=C\C/C=C\CCCCCC)OC(=O)CCCCCCCCCCCCCCCCCCCC. The minimum absolute atomic E-state index is 0.0901. The molecule has 0 aliphatic carbocycles. The van der Waals surface area contributed by atoms with Gasteiger partial charge < -0.3 is 14.2 Å². The molecule has 0 heterocycles. The van der Waals surface area contributed by atoms with Gasteiger partial charge in [0.15, 0.2) is 6.10 Å². The van der Waals surface area contributed by atoms with Gasteiger partial charge in [0.25, 0.3) is 0 Å². The van der Waals surface area contributed by atoms with Crippen molar-refractivity contribution < 1.29 is 28.6 Å². The van der Waals surface area contributed by atoms with Crippen LogP contribution >= 0.6 is 0 Å². The molecule has 0 rings (SSSR count). The van der Waals surface area contributed by atoms with Crippen LogP contribution in [0.3, 0.4) is 0 Å². The second-order valence-electron chi connectivity index (χ2n) is 22.0. The number of rotatable bonds is 60. The third kappa shape index (κ3) is 64.8. The van der Waals surface area contributed by atoms with Crippen LogP contribution in [0.5, 0.6) is 0 Å². The fourth-order valence-electron chi connectivity index (χ4n) is 9.28. The van der Waals surface area contributed by atoms with Gasteiger partial charge in [-0.2, -0.15) is 0 Å². The molecular weight excluding hydrogens is 973 g/mol. The molecule has 0 aliphatic rings. The Morgan fingerprint density at radius 3 is 0.785 bits per heavy atom. The molecule has 6 heteroatoms. The van der Waals surface area contributed by atoms with Crippen molar-refractivity contribution in [3.63, 3.8) is 0 Å². The van der Waals surface area contributed by atoms with E-state index in [2.05, 4.69) is 130 Å². The van der Waals surface area contributed by atoms with Gasteiger partial charge in [0.05, 0.1) is 0 Å². The smallest absolute Gasteiger partial charge is 0.306 e. The monoisotopic (exact) mass is 1100 g/mol. The molecule has 0 bridgehead atoms. The van der Waals surface area contributed by atoms with Crippen LogP contribution in [-0.2, 0) is 28.6 Å². The van der Waals surface area contributed by atoms with E-state index in [4.69, 9.17) is 14.2 Å². The lowest BCUT2D eigenvalue weighted by Gasteiger charge is -2.18. The highest BCUT2D eigenvalue weighted by atomic mass is 16.6. The van der Waals surface area contributed by atoms with Crippen LogP contribution in [0.4, 0.5) is 0 Å². The van der Waals surface area contributed by atoms with Crippen molar-refractivity contribution in [2.45, 2.75) is 322 Å². The van der Waals surface area contributed by atoms with Crippen LogP contribution in [0.25, 0.3) is 0 Å². The van der Waals surface area contributed by atoms with Gasteiger partial charge in [-0.25, -0.2) is 0 Å². The lowest BCUT2D eigenvalue weighted by molar-refractivity contribution is -0.167. The number of hydrogen-bond acceptors (Lipinski definition) is 6. The van der Waals surface area contributed by atoms with Crippen molar-refractivity contribution in [3.05, 3.63) is 109 Å². The summed E-state index contributed by atoms with van der Waals surface area (Å²) in [6.07, 6.45) is 90.9. The fraction of sp³-hybridized carbons (Fsp3) is 0.712. The van der Waals surface area contributed by atoms with Crippen molar-refractivity contribution in [1.82, 2.24) is 0 Å². The Morgan fingerprint density at radius 1 is 0.266 bits per heavy atom. The maximum Gasteiger partial charge on any atom is 0.306 e.